The van der Waals surface area contributed by atoms with E-state index < -0.39 is 46.7 Å². The maximum atomic E-state index is 11.9. The number of epoxide rings is 1. The van der Waals surface area contributed by atoms with Gasteiger partial charge in [0.2, 0.25) is 0 Å². The van der Waals surface area contributed by atoms with Crippen LogP contribution in [0.25, 0.3) is 0 Å². The van der Waals surface area contributed by atoms with Crippen molar-refractivity contribution >= 4 is 11.9 Å². The van der Waals surface area contributed by atoms with Gasteiger partial charge < -0.3 is 24.1 Å². The number of allylic oxidation sites excluding steroid dienone is 1. The number of hydrogen-bond acceptors (Lipinski definition) is 7. The highest BCUT2D eigenvalue weighted by atomic mass is 16.7. The van der Waals surface area contributed by atoms with Gasteiger partial charge in [-0.2, -0.15) is 0 Å². The van der Waals surface area contributed by atoms with Crippen molar-refractivity contribution in [3.8, 4) is 0 Å². The van der Waals surface area contributed by atoms with Gasteiger partial charge in [0.05, 0.1) is 24.7 Å². The Morgan fingerprint density at radius 3 is 2.50 bits per heavy atom. The highest BCUT2D eigenvalue weighted by Gasteiger charge is 2.86. The maximum absolute atomic E-state index is 11.9. The van der Waals surface area contributed by atoms with E-state index in [4.69, 9.17) is 18.9 Å². The molecule has 0 radical (unpaired) electrons. The van der Waals surface area contributed by atoms with Crippen molar-refractivity contribution in [3.05, 3.63) is 11.6 Å². The first kappa shape index (κ1) is 17.9. The molecule has 7 unspecified atom stereocenters. The smallest absolute Gasteiger partial charge is 0.303 e. The van der Waals surface area contributed by atoms with Crippen LogP contribution in [0.1, 0.15) is 40.5 Å². The molecule has 1 spiro atoms. The minimum atomic E-state index is -0.758. The molecule has 0 aromatic carbocycles. The van der Waals surface area contributed by atoms with Crippen molar-refractivity contribution < 1.29 is 33.6 Å². The number of esters is 2. The number of ether oxygens (including phenoxy) is 4. The predicted molar refractivity (Wildman–Crippen MR) is 89.1 cm³/mol. The SMILES string of the molecule is CC(=O)OC1C2OC3C=C(C)CCC3(CO)C(C)(C1OC(C)=O)C21CO1. The van der Waals surface area contributed by atoms with Crippen LogP contribution in [0.3, 0.4) is 0 Å². The molecule has 7 heteroatoms. The maximum Gasteiger partial charge on any atom is 0.303 e. The second kappa shape index (κ2) is 5.53. The van der Waals surface area contributed by atoms with E-state index in [2.05, 4.69) is 0 Å². The Morgan fingerprint density at radius 1 is 1.31 bits per heavy atom. The van der Waals surface area contributed by atoms with Gasteiger partial charge >= 0.3 is 11.9 Å². The lowest BCUT2D eigenvalue weighted by molar-refractivity contribution is -0.229. The zero-order chi connectivity index (χ0) is 18.9. The van der Waals surface area contributed by atoms with E-state index in [0.717, 1.165) is 6.42 Å². The quantitative estimate of drug-likeness (QED) is 0.454. The summed E-state index contributed by atoms with van der Waals surface area (Å²) in [6.07, 6.45) is 1.18. The number of carbonyl (C=O) groups excluding carboxylic acids is 2. The number of aliphatic hydroxyl groups is 1. The van der Waals surface area contributed by atoms with Crippen molar-refractivity contribution in [1.82, 2.24) is 0 Å². The molecule has 4 rings (SSSR count). The molecule has 2 heterocycles. The van der Waals surface area contributed by atoms with Crippen molar-refractivity contribution in [3.63, 3.8) is 0 Å². The molecule has 4 aliphatic rings. The van der Waals surface area contributed by atoms with Gasteiger partial charge in [-0.05, 0) is 19.8 Å². The molecule has 0 aromatic rings. The van der Waals surface area contributed by atoms with E-state index in [0.29, 0.717) is 13.0 Å². The van der Waals surface area contributed by atoms with Crippen LogP contribution in [0.4, 0.5) is 0 Å². The highest BCUT2D eigenvalue weighted by molar-refractivity contribution is 5.68. The molecule has 2 aliphatic carbocycles. The number of carbonyl (C=O) groups is 2. The molecule has 2 saturated heterocycles. The average Bonchev–Trinajstić information content (AvgIpc) is 3.34. The molecule has 1 saturated carbocycles. The molecular formula is C19H26O7. The summed E-state index contributed by atoms with van der Waals surface area (Å²) in [6, 6.07) is 0. The van der Waals surface area contributed by atoms with Crippen molar-refractivity contribution in [2.24, 2.45) is 10.8 Å². The van der Waals surface area contributed by atoms with Gasteiger partial charge in [-0.3, -0.25) is 9.59 Å². The van der Waals surface area contributed by atoms with Crippen LogP contribution in [0.5, 0.6) is 0 Å². The number of rotatable bonds is 3. The largest absolute Gasteiger partial charge is 0.458 e. The molecule has 7 nitrogen and oxygen atoms in total. The van der Waals surface area contributed by atoms with Gasteiger partial charge in [0.1, 0.15) is 11.7 Å². The normalized spacial score (nSPS) is 48.6. The van der Waals surface area contributed by atoms with Crippen LogP contribution in [-0.4, -0.2) is 60.3 Å². The summed E-state index contributed by atoms with van der Waals surface area (Å²) in [5, 5.41) is 10.5. The lowest BCUT2D eigenvalue weighted by atomic mass is 9.51. The van der Waals surface area contributed by atoms with Gasteiger partial charge in [-0.25, -0.2) is 0 Å². The summed E-state index contributed by atoms with van der Waals surface area (Å²) < 4.78 is 23.6. The Labute approximate surface area is 152 Å². The third-order valence-corrected chi connectivity index (χ3v) is 7.11. The zero-order valence-electron chi connectivity index (χ0n) is 15.6. The van der Waals surface area contributed by atoms with Crippen LogP contribution in [0.2, 0.25) is 0 Å². The number of fused-ring (bicyclic) bond motifs is 2. The molecule has 144 valence electrons. The minimum Gasteiger partial charge on any atom is -0.458 e. The lowest BCUT2D eigenvalue weighted by Gasteiger charge is -2.57. The van der Waals surface area contributed by atoms with Gasteiger partial charge in [0.15, 0.2) is 12.2 Å². The molecule has 0 amide bonds. The summed E-state index contributed by atoms with van der Waals surface area (Å²) in [6.45, 7) is 7.01. The average molecular weight is 366 g/mol. The first-order valence-corrected chi connectivity index (χ1v) is 9.14. The Kier molecular flexibility index (Phi) is 3.82. The summed E-state index contributed by atoms with van der Waals surface area (Å²) in [5.41, 5.74) is -0.923. The second-order valence-electron chi connectivity index (χ2n) is 8.29. The van der Waals surface area contributed by atoms with Gasteiger partial charge in [0.25, 0.3) is 0 Å². The number of aliphatic hydroxyl groups excluding tert-OH is 1. The topological polar surface area (TPSA) is 94.6 Å². The van der Waals surface area contributed by atoms with Gasteiger partial charge in [0, 0.05) is 19.3 Å². The van der Waals surface area contributed by atoms with Gasteiger partial charge in [-0.1, -0.05) is 18.6 Å². The Bertz CT molecular complexity index is 681. The summed E-state index contributed by atoms with van der Waals surface area (Å²) in [4.78, 5) is 23.6. The minimum absolute atomic E-state index is 0.125. The van der Waals surface area contributed by atoms with Crippen LogP contribution >= 0.6 is 0 Å². The molecule has 7 atom stereocenters. The first-order valence-electron chi connectivity index (χ1n) is 9.14. The predicted octanol–water partition coefficient (Wildman–Crippen LogP) is 1.12. The molecular weight excluding hydrogens is 340 g/mol. The molecule has 3 fully saturated rings. The van der Waals surface area contributed by atoms with E-state index in [-0.39, 0.29) is 12.7 Å². The van der Waals surface area contributed by atoms with Crippen molar-refractivity contribution in [1.29, 1.82) is 0 Å². The Hall–Kier alpha value is -1.44. The first-order chi connectivity index (χ1) is 12.2. The molecule has 0 aromatic heterocycles. The van der Waals surface area contributed by atoms with E-state index >= 15 is 0 Å². The van der Waals surface area contributed by atoms with Crippen LogP contribution < -0.4 is 0 Å². The molecule has 1 N–H and O–H groups in total. The summed E-state index contributed by atoms with van der Waals surface area (Å²) >= 11 is 0. The number of hydrogen-bond donors (Lipinski definition) is 1. The Morgan fingerprint density at radius 2 is 1.96 bits per heavy atom. The zero-order valence-corrected chi connectivity index (χ0v) is 15.6. The van der Waals surface area contributed by atoms with Crippen LogP contribution in [0, 0.1) is 10.8 Å². The summed E-state index contributed by atoms with van der Waals surface area (Å²) in [7, 11) is 0. The fraction of sp³-hybridized carbons (Fsp3) is 0.789. The van der Waals surface area contributed by atoms with E-state index in [1.165, 1.54) is 19.4 Å². The van der Waals surface area contributed by atoms with Crippen molar-refractivity contribution in [2.75, 3.05) is 13.2 Å². The van der Waals surface area contributed by atoms with E-state index in [9.17, 15) is 14.7 Å². The highest BCUT2D eigenvalue weighted by Crippen LogP contribution is 2.72. The monoisotopic (exact) mass is 366 g/mol. The lowest BCUT2D eigenvalue weighted by Crippen LogP contribution is -2.66. The molecule has 2 aliphatic heterocycles. The fourth-order valence-electron chi connectivity index (χ4n) is 5.68. The summed E-state index contributed by atoms with van der Waals surface area (Å²) in [5.74, 6) is -0.917. The second-order valence-corrected chi connectivity index (χ2v) is 8.29. The molecule has 26 heavy (non-hydrogen) atoms. The third-order valence-electron chi connectivity index (χ3n) is 7.11. The van der Waals surface area contributed by atoms with E-state index in [1.807, 2.05) is 19.9 Å². The Balaban J connectivity index is 1.88. The van der Waals surface area contributed by atoms with E-state index in [1.54, 1.807) is 0 Å². The third kappa shape index (κ3) is 1.99. The van der Waals surface area contributed by atoms with Crippen LogP contribution in [0.15, 0.2) is 11.6 Å². The fourth-order valence-corrected chi connectivity index (χ4v) is 5.68. The standard InChI is InChI=1S/C19H26O7/c1-10-5-6-18(8-20)13(7-10)26-16-14(24-11(2)21)15(25-12(3)22)17(18,4)19(16)9-23-19/h7,13-16,20H,5-6,8-9H2,1-4H3. The van der Waals surface area contributed by atoms with Gasteiger partial charge in [-0.15, -0.1) is 0 Å². The van der Waals surface area contributed by atoms with Crippen molar-refractivity contribution in [2.45, 2.75) is 70.6 Å². The molecule has 2 bridgehead atoms. The van der Waals surface area contributed by atoms with Crippen LogP contribution in [-0.2, 0) is 28.5 Å².